The minimum Gasteiger partial charge on any atom is -0.497 e. The van der Waals surface area contributed by atoms with E-state index < -0.39 is 112 Å². The molecule has 6 rings (SSSR count). The highest BCUT2D eigenvalue weighted by Gasteiger charge is 2.63. The average Bonchev–Trinajstić information content (AvgIpc) is 4.18. The number of nitrogens with one attached hydrogen (secondary N) is 3. The van der Waals surface area contributed by atoms with Gasteiger partial charge in [-0.25, -0.2) is 35.5 Å². The number of likely N-dealkylation sites (tertiary alicyclic amines) is 1. The molecule has 22 nitrogen and oxygen atoms in total. The first kappa shape index (κ1) is 56.1. The van der Waals surface area contributed by atoms with E-state index in [1.807, 2.05) is 4.72 Å². The van der Waals surface area contributed by atoms with Gasteiger partial charge in [-0.1, -0.05) is 20.8 Å². The zero-order chi connectivity index (χ0) is 52.6. The lowest BCUT2D eigenvalue weighted by Crippen LogP contribution is -2.60. The molecule has 2 heterocycles. The molecule has 4 aliphatic rings. The molecule has 25 heteroatoms. The van der Waals surface area contributed by atoms with Gasteiger partial charge in [-0.05, 0) is 113 Å². The Kier molecular flexibility index (Phi) is 16.3. The van der Waals surface area contributed by atoms with Crippen LogP contribution in [0.1, 0.15) is 93.4 Å². The topological polar surface area (TPSA) is 312 Å². The fourth-order valence-electron chi connectivity index (χ4n) is 8.20. The number of ether oxygens (including phenoxy) is 4. The summed E-state index contributed by atoms with van der Waals surface area (Å²) in [5.41, 5.74) is 0.233. The number of aromatic nitrogens is 1. The Morgan fingerprint density at radius 2 is 1.51 bits per heavy atom. The standard InChI is InChI=1S/C37H53N5O12S2.C8H15NO4S/c1-34(2,3)28(39-33(46)53-35(4,5)6)31(44)42-21-25(52-30-26-11-10-24(51-8)18-22(26)12-16-38-30)19-27(42)29(43)40-37(20-23(37)13-17-55(9,47)48)32(45)41-56(49,50)54-36(7)14-15-36;1-13-7(10)8(9)5-6(8)3-4-14(2,11)12/h10-12,16,18,23,25,27-28H,13-15,17,19-21H2,1-9H3,(H,39,46)(H,40,43)(H,41,45);6H,3-5,9H2,1-2H3/t23-,25-,27+,28-,37-;6-,8-/m11/s1. The van der Waals surface area contributed by atoms with E-state index in [2.05, 4.69) is 20.4 Å². The second kappa shape index (κ2) is 20.3. The van der Waals surface area contributed by atoms with Crippen LogP contribution >= 0.6 is 0 Å². The van der Waals surface area contributed by atoms with Gasteiger partial charge in [-0.15, -0.1) is 0 Å². The highest BCUT2D eigenvalue weighted by molar-refractivity contribution is 7.90. The fourth-order valence-corrected chi connectivity index (χ4v) is 10.8. The van der Waals surface area contributed by atoms with Gasteiger partial charge in [0.1, 0.15) is 60.3 Å². The van der Waals surface area contributed by atoms with Crippen molar-refractivity contribution in [1.82, 2.24) is 25.2 Å². The van der Waals surface area contributed by atoms with Crippen molar-refractivity contribution in [1.29, 1.82) is 0 Å². The molecule has 5 N–H and O–H groups in total. The molecule has 70 heavy (non-hydrogen) atoms. The molecular weight excluding hydrogens is 977 g/mol. The first-order valence-electron chi connectivity index (χ1n) is 22.7. The van der Waals surface area contributed by atoms with Crippen LogP contribution in [0.25, 0.3) is 10.8 Å². The molecule has 3 saturated carbocycles. The normalized spacial score (nSPS) is 25.3. The molecule has 4 fully saturated rings. The summed E-state index contributed by atoms with van der Waals surface area (Å²) in [6.07, 6.45) is 3.79. The number of hydrogen-bond acceptors (Lipinski definition) is 18. The fraction of sp³-hybridized carbons (Fsp3) is 0.689. The summed E-state index contributed by atoms with van der Waals surface area (Å²) in [4.78, 5) is 72.6. The number of rotatable bonds is 18. The van der Waals surface area contributed by atoms with Crippen molar-refractivity contribution in [2.75, 3.05) is 44.8 Å². The Bertz CT molecular complexity index is 2680. The summed E-state index contributed by atoms with van der Waals surface area (Å²) in [5.74, 6) is -3.18. The quantitative estimate of drug-likeness (QED) is 0.155. The summed E-state index contributed by atoms with van der Waals surface area (Å²) in [6, 6.07) is 4.61. The van der Waals surface area contributed by atoms with E-state index in [0.717, 1.165) is 11.6 Å². The number of hydrogen-bond donors (Lipinski definition) is 4. The maximum atomic E-state index is 14.6. The lowest BCUT2D eigenvalue weighted by atomic mass is 9.85. The molecule has 2 aromatic rings. The van der Waals surface area contributed by atoms with Crippen LogP contribution in [0.15, 0.2) is 30.5 Å². The van der Waals surface area contributed by atoms with E-state index in [-0.39, 0.29) is 49.1 Å². The third kappa shape index (κ3) is 14.9. The largest absolute Gasteiger partial charge is 0.497 e. The second-order valence-electron chi connectivity index (χ2n) is 21.2. The van der Waals surface area contributed by atoms with Crippen molar-refractivity contribution in [2.45, 2.75) is 134 Å². The SMILES string of the molecule is COC(=O)[C@@]1(N)C[C@H]1CCS(C)(=O)=O.COc1ccc2c(O[C@@H]3C[C@@H](C(=O)N[C@]4(C(=O)NS(=O)(=O)OC5(C)CC5)C[C@H]4CCS(C)(=O)=O)N(C(=O)[C@@H](NC(=O)OC(C)(C)C)C(C)(C)C)C3)nccc2c1. The van der Waals surface area contributed by atoms with Crippen molar-refractivity contribution in [3.05, 3.63) is 30.5 Å². The minimum absolute atomic E-state index is 0.0480. The van der Waals surface area contributed by atoms with Gasteiger partial charge >= 0.3 is 22.4 Å². The van der Waals surface area contributed by atoms with Crippen LogP contribution in [-0.2, 0) is 62.8 Å². The number of fused-ring (bicyclic) bond motifs is 1. The number of esters is 1. The Labute approximate surface area is 410 Å². The molecule has 0 radical (unpaired) electrons. The molecule has 1 aromatic carbocycles. The number of carbonyl (C=O) groups excluding carboxylic acids is 5. The molecule has 4 amide bonds. The van der Waals surface area contributed by atoms with E-state index in [9.17, 15) is 49.2 Å². The van der Waals surface area contributed by atoms with Gasteiger partial charge in [0.05, 0.1) is 37.9 Å². The molecule has 1 saturated heterocycles. The Balaban J connectivity index is 0.000000559. The lowest BCUT2D eigenvalue weighted by molar-refractivity contribution is -0.143. The Morgan fingerprint density at radius 1 is 0.900 bits per heavy atom. The third-order valence-corrected chi connectivity index (χ3v) is 15.6. The van der Waals surface area contributed by atoms with Crippen LogP contribution in [0.5, 0.6) is 11.6 Å². The monoisotopic (exact) mass is 1040 g/mol. The highest BCUT2D eigenvalue weighted by Crippen LogP contribution is 2.48. The van der Waals surface area contributed by atoms with Crippen LogP contribution in [0.3, 0.4) is 0 Å². The predicted molar refractivity (Wildman–Crippen MR) is 256 cm³/mol. The third-order valence-electron chi connectivity index (χ3n) is 12.6. The van der Waals surface area contributed by atoms with Crippen molar-refractivity contribution in [3.63, 3.8) is 0 Å². The number of methoxy groups -OCH3 is 2. The van der Waals surface area contributed by atoms with Crippen LogP contribution in [0.2, 0.25) is 0 Å². The molecule has 7 atom stereocenters. The molecule has 392 valence electrons. The number of pyridine rings is 1. The zero-order valence-corrected chi connectivity index (χ0v) is 44.0. The van der Waals surface area contributed by atoms with Gasteiger partial charge in [0.25, 0.3) is 5.91 Å². The lowest BCUT2D eigenvalue weighted by Gasteiger charge is -2.36. The molecule has 1 aliphatic heterocycles. The summed E-state index contributed by atoms with van der Waals surface area (Å²) < 4.78 is 100. The van der Waals surface area contributed by atoms with Gasteiger partial charge in [-0.2, -0.15) is 8.42 Å². The summed E-state index contributed by atoms with van der Waals surface area (Å²) >= 11 is 0. The van der Waals surface area contributed by atoms with Gasteiger partial charge in [0.2, 0.25) is 17.7 Å². The van der Waals surface area contributed by atoms with E-state index in [0.29, 0.717) is 36.8 Å². The predicted octanol–water partition coefficient (Wildman–Crippen LogP) is 2.08. The number of alkyl carbamates (subject to hydrolysis) is 1. The average molecular weight is 1050 g/mol. The van der Waals surface area contributed by atoms with Gasteiger partial charge in [-0.3, -0.25) is 19.2 Å². The Morgan fingerprint density at radius 3 is 2.06 bits per heavy atom. The van der Waals surface area contributed by atoms with Crippen molar-refractivity contribution in [3.8, 4) is 11.6 Å². The second-order valence-corrected chi connectivity index (χ2v) is 27.0. The van der Waals surface area contributed by atoms with E-state index in [4.69, 9.17) is 24.1 Å². The zero-order valence-electron chi connectivity index (χ0n) is 41.6. The molecule has 0 unspecified atom stereocenters. The number of sulfone groups is 2. The van der Waals surface area contributed by atoms with Gasteiger partial charge in [0.15, 0.2) is 0 Å². The first-order chi connectivity index (χ1) is 32.0. The molecule has 0 spiro atoms. The van der Waals surface area contributed by atoms with Gasteiger partial charge < -0.3 is 40.2 Å². The highest BCUT2D eigenvalue weighted by atomic mass is 32.2. The number of carbonyl (C=O) groups is 5. The smallest absolute Gasteiger partial charge is 0.408 e. The molecule has 3 aliphatic carbocycles. The van der Waals surface area contributed by atoms with E-state index in [1.54, 1.807) is 86.0 Å². The number of nitrogens with two attached hydrogens (primary N) is 1. The molecular formula is C45H68N6O16S3. The van der Waals surface area contributed by atoms with Gasteiger partial charge in [0, 0.05) is 30.5 Å². The number of benzene rings is 1. The van der Waals surface area contributed by atoms with Crippen molar-refractivity contribution >= 4 is 70.5 Å². The van der Waals surface area contributed by atoms with Crippen LogP contribution in [-0.4, -0.2) is 150 Å². The van der Waals surface area contributed by atoms with Crippen molar-refractivity contribution < 1.29 is 72.4 Å². The van der Waals surface area contributed by atoms with Crippen LogP contribution < -0.4 is 30.6 Å². The maximum Gasteiger partial charge on any atom is 0.408 e. The maximum absolute atomic E-state index is 14.6. The molecule has 0 bridgehead atoms. The summed E-state index contributed by atoms with van der Waals surface area (Å²) in [5, 5.41) is 6.77. The van der Waals surface area contributed by atoms with E-state index >= 15 is 0 Å². The van der Waals surface area contributed by atoms with Crippen molar-refractivity contribution in [2.24, 2.45) is 23.0 Å². The van der Waals surface area contributed by atoms with Crippen LogP contribution in [0, 0.1) is 17.3 Å². The number of nitrogens with zero attached hydrogens (tertiary/aromatic N) is 2. The van der Waals surface area contributed by atoms with E-state index in [1.165, 1.54) is 18.3 Å². The summed E-state index contributed by atoms with van der Waals surface area (Å²) in [7, 11) is -8.24. The molecule has 1 aromatic heterocycles. The Hall–Kier alpha value is -4.85. The first-order valence-corrected chi connectivity index (χ1v) is 28.3. The number of amides is 4. The minimum atomic E-state index is -4.60. The summed E-state index contributed by atoms with van der Waals surface area (Å²) in [6.45, 7) is 11.7. The van der Waals surface area contributed by atoms with Crippen LogP contribution in [0.4, 0.5) is 4.79 Å².